The molecule has 0 aliphatic heterocycles. The van der Waals surface area contributed by atoms with Crippen molar-refractivity contribution in [3.63, 3.8) is 0 Å². The second kappa shape index (κ2) is 16.8. The van der Waals surface area contributed by atoms with E-state index in [0.717, 1.165) is 83.2 Å². The number of fused-ring (bicyclic) bond motifs is 5. The molecule has 0 atom stereocenters. The minimum atomic E-state index is 0.814. The Morgan fingerprint density at radius 2 is 1.09 bits per heavy atom. The summed E-state index contributed by atoms with van der Waals surface area (Å²) in [7, 11) is 0. The first kappa shape index (κ1) is 40.2. The highest BCUT2D eigenvalue weighted by Crippen LogP contribution is 2.49. The maximum Gasteiger partial charge on any atom is 0.143 e. The van der Waals surface area contributed by atoms with Gasteiger partial charge in [0.15, 0.2) is 0 Å². The normalized spacial score (nSPS) is 11.8. The summed E-state index contributed by atoms with van der Waals surface area (Å²) in [5.41, 5.74) is 18.7. The zero-order valence-corrected chi connectivity index (χ0v) is 36.9. The molecule has 0 aliphatic rings. The highest BCUT2D eigenvalue weighted by atomic mass is 16.3. The van der Waals surface area contributed by atoms with Crippen LogP contribution in [-0.4, -0.2) is 14.5 Å². The predicted molar refractivity (Wildman–Crippen MR) is 279 cm³/mol. The van der Waals surface area contributed by atoms with Crippen molar-refractivity contribution in [2.45, 2.75) is 13.8 Å². The van der Waals surface area contributed by atoms with E-state index in [2.05, 4.69) is 205 Å². The van der Waals surface area contributed by atoms with Gasteiger partial charge in [-0.2, -0.15) is 0 Å². The van der Waals surface area contributed by atoms with Gasteiger partial charge in [-0.05, 0) is 110 Å². The van der Waals surface area contributed by atoms with Gasteiger partial charge in [-0.3, -0.25) is 0 Å². The molecule has 0 unspecified atom stereocenters. The molecule has 0 fully saturated rings. The Balaban J connectivity index is 1.14. The largest absolute Gasteiger partial charge is 0.455 e. The molecule has 3 aromatic heterocycles. The first-order chi connectivity index (χ1) is 32.5. The molecule has 0 N–H and O–H groups in total. The molecule has 11 rings (SSSR count). The summed E-state index contributed by atoms with van der Waals surface area (Å²) < 4.78 is 9.18. The molecule has 3 heterocycles. The Kier molecular flexibility index (Phi) is 10.3. The van der Waals surface area contributed by atoms with E-state index in [-0.39, 0.29) is 0 Å². The summed E-state index contributed by atoms with van der Waals surface area (Å²) in [4.78, 5) is 8.78. The topological polar surface area (TPSA) is 43.9 Å². The fraction of sp³-hybridized carbons (Fsp3) is 0.0323. The zero-order valence-electron chi connectivity index (χ0n) is 36.9. The summed E-state index contributed by atoms with van der Waals surface area (Å²) in [6, 6.07) is 56.4. The average Bonchev–Trinajstić information content (AvgIpc) is 3.92. The fourth-order valence-corrected chi connectivity index (χ4v) is 10.0. The molecule has 0 bridgehead atoms. The Hall–Kier alpha value is -8.60. The molecule has 0 aliphatic carbocycles. The molecule has 0 amide bonds. The Morgan fingerprint density at radius 1 is 0.470 bits per heavy atom. The average molecular weight is 848 g/mol. The van der Waals surface area contributed by atoms with Crippen molar-refractivity contribution in [1.82, 2.24) is 14.5 Å². The SMILES string of the molecule is C=C/C=C\c1c(-c2c(C)c(/C=C\C=C)c(-c3cccc(-c4ccccc4)c3)c3ccccc23)ccc(-c2c(-c3ccc4c5ccccc5n(-c5cncnc5)c4c3)oc3ccccc23)c1C. The summed E-state index contributed by atoms with van der Waals surface area (Å²) in [6.07, 6.45) is 17.5. The quantitative estimate of drug-likeness (QED) is 0.129. The standard InChI is InChI=1S/C62H45N3O/c1-5-7-23-47-40(3)49(61-55-28-15-17-30-58(55)66-62(61)45-31-32-51-50-25-14-16-29-56(50)65(57(51)36-45)46-37-63-39-64-38-46)33-34-54(47)59-41(4)48(24-8-6-2)60(53-27-13-12-26-52(53)59)44-22-18-21-43(35-44)42-19-10-9-11-20-42/h5-39H,1-2H2,3-4H3/b23-7-,24-8-. The minimum Gasteiger partial charge on any atom is -0.455 e. The minimum absolute atomic E-state index is 0.814. The van der Waals surface area contributed by atoms with E-state index in [1.54, 1.807) is 6.33 Å². The van der Waals surface area contributed by atoms with Crippen molar-refractivity contribution in [3.05, 3.63) is 236 Å². The van der Waals surface area contributed by atoms with Gasteiger partial charge in [0.2, 0.25) is 0 Å². The van der Waals surface area contributed by atoms with Gasteiger partial charge in [0.05, 0.1) is 29.1 Å². The van der Waals surface area contributed by atoms with Crippen molar-refractivity contribution in [1.29, 1.82) is 0 Å². The lowest BCUT2D eigenvalue weighted by atomic mass is 9.80. The van der Waals surface area contributed by atoms with Crippen LogP contribution in [0.15, 0.2) is 218 Å². The van der Waals surface area contributed by atoms with Gasteiger partial charge in [0.1, 0.15) is 17.7 Å². The Labute approximate surface area is 384 Å². The molecule has 4 heteroatoms. The van der Waals surface area contributed by atoms with Crippen LogP contribution in [0.5, 0.6) is 0 Å². The number of rotatable bonds is 10. The van der Waals surface area contributed by atoms with Crippen molar-refractivity contribution in [2.24, 2.45) is 0 Å². The van der Waals surface area contributed by atoms with E-state index in [1.807, 2.05) is 42.8 Å². The molecule has 314 valence electrons. The van der Waals surface area contributed by atoms with Gasteiger partial charge >= 0.3 is 0 Å². The second-order valence-electron chi connectivity index (χ2n) is 16.7. The molecule has 0 saturated heterocycles. The smallest absolute Gasteiger partial charge is 0.143 e. The molecule has 0 spiro atoms. The van der Waals surface area contributed by atoms with E-state index in [1.165, 1.54) is 44.2 Å². The number of hydrogen-bond donors (Lipinski definition) is 0. The number of aromatic nitrogens is 3. The number of para-hydroxylation sites is 2. The highest BCUT2D eigenvalue weighted by molar-refractivity contribution is 6.13. The number of nitrogens with zero attached hydrogens (tertiary/aromatic N) is 3. The summed E-state index contributed by atoms with van der Waals surface area (Å²) in [5.74, 6) is 0.814. The third kappa shape index (κ3) is 6.70. The monoisotopic (exact) mass is 847 g/mol. The van der Waals surface area contributed by atoms with Crippen molar-refractivity contribution < 1.29 is 4.42 Å². The van der Waals surface area contributed by atoms with E-state index in [9.17, 15) is 0 Å². The Bertz CT molecular complexity index is 3750. The third-order valence-corrected chi connectivity index (χ3v) is 13.0. The maximum atomic E-state index is 6.94. The van der Waals surface area contributed by atoms with Gasteiger partial charge in [-0.25, -0.2) is 9.97 Å². The van der Waals surface area contributed by atoms with Crippen LogP contribution in [0, 0.1) is 13.8 Å². The van der Waals surface area contributed by atoms with Crippen molar-refractivity contribution in [2.75, 3.05) is 0 Å². The lowest BCUT2D eigenvalue weighted by Crippen LogP contribution is -1.99. The molecule has 66 heavy (non-hydrogen) atoms. The molecular formula is C62H45N3O. The van der Waals surface area contributed by atoms with Crippen LogP contribution in [-0.2, 0) is 0 Å². The maximum absolute atomic E-state index is 6.94. The second-order valence-corrected chi connectivity index (χ2v) is 16.7. The third-order valence-electron chi connectivity index (χ3n) is 13.0. The van der Waals surface area contributed by atoms with Gasteiger partial charge in [0, 0.05) is 27.3 Å². The van der Waals surface area contributed by atoms with Crippen LogP contribution < -0.4 is 0 Å². The Morgan fingerprint density at radius 3 is 1.86 bits per heavy atom. The van der Waals surface area contributed by atoms with Crippen LogP contribution in [0.3, 0.4) is 0 Å². The first-order valence-electron chi connectivity index (χ1n) is 22.3. The first-order valence-corrected chi connectivity index (χ1v) is 22.3. The van der Waals surface area contributed by atoms with E-state index in [4.69, 9.17) is 4.42 Å². The van der Waals surface area contributed by atoms with Gasteiger partial charge < -0.3 is 8.98 Å². The van der Waals surface area contributed by atoms with Crippen LogP contribution in [0.4, 0.5) is 0 Å². The molecule has 8 aromatic carbocycles. The molecule has 0 radical (unpaired) electrons. The number of hydrogen-bond acceptors (Lipinski definition) is 3. The van der Waals surface area contributed by atoms with E-state index >= 15 is 0 Å². The van der Waals surface area contributed by atoms with Crippen LogP contribution in [0.1, 0.15) is 22.3 Å². The predicted octanol–water partition coefficient (Wildman–Crippen LogP) is 16.8. The van der Waals surface area contributed by atoms with Gasteiger partial charge in [0.25, 0.3) is 0 Å². The van der Waals surface area contributed by atoms with Gasteiger partial charge in [-0.15, -0.1) is 0 Å². The van der Waals surface area contributed by atoms with Crippen LogP contribution >= 0.6 is 0 Å². The highest BCUT2D eigenvalue weighted by Gasteiger charge is 2.25. The number of furan rings is 1. The number of benzene rings is 8. The fourth-order valence-electron chi connectivity index (χ4n) is 10.0. The molecular weight excluding hydrogens is 803 g/mol. The van der Waals surface area contributed by atoms with Gasteiger partial charge in [-0.1, -0.05) is 183 Å². The summed E-state index contributed by atoms with van der Waals surface area (Å²) >= 11 is 0. The molecule has 11 aromatic rings. The number of allylic oxidation sites excluding steroid dienone is 4. The molecule has 0 saturated carbocycles. The summed E-state index contributed by atoms with van der Waals surface area (Å²) in [5, 5.41) is 5.74. The van der Waals surface area contributed by atoms with Crippen LogP contribution in [0.25, 0.3) is 117 Å². The zero-order chi connectivity index (χ0) is 44.7. The van der Waals surface area contributed by atoms with E-state index in [0.29, 0.717) is 0 Å². The van der Waals surface area contributed by atoms with Crippen LogP contribution in [0.2, 0.25) is 0 Å². The summed E-state index contributed by atoms with van der Waals surface area (Å²) in [6.45, 7) is 12.7. The van der Waals surface area contributed by atoms with E-state index < -0.39 is 0 Å². The van der Waals surface area contributed by atoms with Crippen molar-refractivity contribution >= 4 is 55.7 Å². The molecule has 4 nitrogen and oxygen atoms in total. The lowest BCUT2D eigenvalue weighted by molar-refractivity contribution is 0.632. The van der Waals surface area contributed by atoms with Crippen molar-refractivity contribution in [3.8, 4) is 61.5 Å². The lowest BCUT2D eigenvalue weighted by Gasteiger charge is -2.23.